The zero-order valence-electron chi connectivity index (χ0n) is 16.2. The Labute approximate surface area is 170 Å². The number of amides is 4. The minimum Gasteiger partial charge on any atom is -0.336 e. The van der Waals surface area contributed by atoms with Gasteiger partial charge in [-0.05, 0) is 25.0 Å². The van der Waals surface area contributed by atoms with Crippen molar-refractivity contribution in [2.24, 2.45) is 11.8 Å². The van der Waals surface area contributed by atoms with Gasteiger partial charge in [-0.25, -0.2) is 13.2 Å². The van der Waals surface area contributed by atoms with Gasteiger partial charge in [0.25, 0.3) is 0 Å². The van der Waals surface area contributed by atoms with Crippen molar-refractivity contribution in [3.63, 3.8) is 0 Å². The van der Waals surface area contributed by atoms with E-state index >= 15 is 0 Å². The molecule has 160 valence electrons. The third kappa shape index (κ3) is 4.22. The largest absolute Gasteiger partial charge is 0.336 e. The smallest absolute Gasteiger partial charge is 0.244 e. The van der Waals surface area contributed by atoms with E-state index in [9.17, 15) is 32.3 Å². The molecule has 30 heavy (non-hydrogen) atoms. The molecule has 1 saturated heterocycles. The van der Waals surface area contributed by atoms with Crippen molar-refractivity contribution in [2.75, 3.05) is 25.5 Å². The Kier molecular flexibility index (Phi) is 6.23. The fourth-order valence-electron chi connectivity index (χ4n) is 3.60. The summed E-state index contributed by atoms with van der Waals surface area (Å²) >= 11 is 0. The van der Waals surface area contributed by atoms with E-state index in [0.717, 1.165) is 15.9 Å². The molecule has 0 aromatic heterocycles. The predicted molar refractivity (Wildman–Crippen MR) is 99.3 cm³/mol. The van der Waals surface area contributed by atoms with Crippen molar-refractivity contribution in [2.45, 2.75) is 19.3 Å². The number of allylic oxidation sites excluding steroid dienone is 2. The van der Waals surface area contributed by atoms with Gasteiger partial charge >= 0.3 is 0 Å². The van der Waals surface area contributed by atoms with Crippen molar-refractivity contribution < 1.29 is 32.3 Å². The number of likely N-dealkylation sites (tertiary alicyclic amines) is 1. The standard InChI is InChI=1S/C20H20F3N3O4/c1-25(10-15(27)24-14-7-6-13(21)17(22)18(14)23)16(28)8-9-26-19(29)11-4-2-3-5-12(11)20(26)30/h2-3,6-7,11-12H,4-5,8-10H2,1H3,(H,24,27)/t11-,12+. The summed E-state index contributed by atoms with van der Waals surface area (Å²) in [6, 6.07) is 1.53. The number of anilines is 1. The second kappa shape index (κ2) is 8.68. The highest BCUT2D eigenvalue weighted by atomic mass is 19.2. The molecule has 10 heteroatoms. The second-order valence-electron chi connectivity index (χ2n) is 7.25. The third-order valence-corrected chi connectivity index (χ3v) is 5.26. The van der Waals surface area contributed by atoms with Crippen molar-refractivity contribution >= 4 is 29.3 Å². The molecule has 1 aromatic rings. The molecule has 0 unspecified atom stereocenters. The molecule has 0 radical (unpaired) electrons. The SMILES string of the molecule is CN(CC(=O)Nc1ccc(F)c(F)c1F)C(=O)CCN1C(=O)[C@H]2CC=CC[C@H]2C1=O. The van der Waals surface area contributed by atoms with Gasteiger partial charge in [-0.2, -0.15) is 0 Å². The summed E-state index contributed by atoms with van der Waals surface area (Å²) in [6.07, 6.45) is 4.56. The number of fused-ring (bicyclic) bond motifs is 1. The number of likely N-dealkylation sites (N-methyl/N-ethyl adjacent to an activating group) is 1. The normalized spacial score (nSPS) is 20.3. The molecule has 4 amide bonds. The maximum Gasteiger partial charge on any atom is 0.244 e. The molecule has 1 aliphatic heterocycles. The molecular weight excluding hydrogens is 403 g/mol. The molecule has 1 aliphatic carbocycles. The first kappa shape index (κ1) is 21.5. The van der Waals surface area contributed by atoms with Crippen LogP contribution in [0.3, 0.4) is 0 Å². The van der Waals surface area contributed by atoms with Crippen LogP contribution in [0, 0.1) is 29.3 Å². The van der Waals surface area contributed by atoms with Crippen molar-refractivity contribution in [3.05, 3.63) is 41.7 Å². The topological polar surface area (TPSA) is 86.8 Å². The molecule has 2 aliphatic rings. The number of nitrogens with one attached hydrogen (secondary N) is 1. The Morgan fingerprint density at radius 1 is 1.07 bits per heavy atom. The molecule has 1 N–H and O–H groups in total. The van der Waals surface area contributed by atoms with Crippen LogP contribution in [0.15, 0.2) is 24.3 Å². The van der Waals surface area contributed by atoms with Crippen molar-refractivity contribution in [1.29, 1.82) is 0 Å². The fourth-order valence-corrected chi connectivity index (χ4v) is 3.60. The molecule has 0 bridgehead atoms. The lowest BCUT2D eigenvalue weighted by Crippen LogP contribution is -2.38. The van der Waals surface area contributed by atoms with Crippen molar-refractivity contribution in [3.8, 4) is 0 Å². The summed E-state index contributed by atoms with van der Waals surface area (Å²) in [5.41, 5.74) is -0.552. The third-order valence-electron chi connectivity index (χ3n) is 5.26. The monoisotopic (exact) mass is 423 g/mol. The van der Waals surface area contributed by atoms with Gasteiger partial charge in [0.05, 0.1) is 24.1 Å². The minimum absolute atomic E-state index is 0.0900. The molecule has 1 fully saturated rings. The van der Waals surface area contributed by atoms with Crippen LogP contribution in [0.2, 0.25) is 0 Å². The number of carbonyl (C=O) groups is 4. The van der Waals surface area contributed by atoms with E-state index in [-0.39, 0.29) is 36.6 Å². The maximum absolute atomic E-state index is 13.6. The number of hydrogen-bond acceptors (Lipinski definition) is 4. The highest BCUT2D eigenvalue weighted by Crippen LogP contribution is 2.35. The van der Waals surface area contributed by atoms with Gasteiger partial charge < -0.3 is 10.2 Å². The number of hydrogen-bond donors (Lipinski definition) is 1. The van der Waals surface area contributed by atoms with Gasteiger partial charge in [-0.3, -0.25) is 24.1 Å². The molecular formula is C20H20F3N3O4. The highest BCUT2D eigenvalue weighted by Gasteiger charge is 2.46. The van der Waals surface area contributed by atoms with Gasteiger partial charge in [0, 0.05) is 20.0 Å². The van der Waals surface area contributed by atoms with Gasteiger partial charge in [0.15, 0.2) is 17.5 Å². The van der Waals surface area contributed by atoms with E-state index < -0.39 is 41.5 Å². The predicted octanol–water partition coefficient (Wildman–Crippen LogP) is 1.84. The first-order chi connectivity index (χ1) is 14.2. The summed E-state index contributed by atoms with van der Waals surface area (Å²) in [6.45, 7) is -0.568. The quantitative estimate of drug-likeness (QED) is 0.430. The molecule has 3 rings (SSSR count). The van der Waals surface area contributed by atoms with Crippen LogP contribution in [-0.2, 0) is 19.2 Å². The molecule has 1 heterocycles. The summed E-state index contributed by atoms with van der Waals surface area (Å²) < 4.78 is 39.8. The average molecular weight is 423 g/mol. The average Bonchev–Trinajstić information content (AvgIpc) is 2.97. The lowest BCUT2D eigenvalue weighted by atomic mass is 9.85. The highest BCUT2D eigenvalue weighted by molar-refractivity contribution is 6.05. The van der Waals surface area contributed by atoms with Crippen LogP contribution in [0.1, 0.15) is 19.3 Å². The van der Waals surface area contributed by atoms with E-state index in [0.29, 0.717) is 18.9 Å². The number of rotatable bonds is 6. The Morgan fingerprint density at radius 3 is 2.27 bits per heavy atom. The molecule has 0 saturated carbocycles. The summed E-state index contributed by atoms with van der Waals surface area (Å²) in [5.74, 6) is -7.33. The summed E-state index contributed by atoms with van der Waals surface area (Å²) in [5, 5.41) is 2.07. The van der Waals surface area contributed by atoms with E-state index in [2.05, 4.69) is 5.32 Å². The number of imide groups is 1. The van der Waals surface area contributed by atoms with E-state index in [1.54, 1.807) is 0 Å². The first-order valence-corrected chi connectivity index (χ1v) is 9.38. The number of halogens is 3. The number of benzene rings is 1. The van der Waals surface area contributed by atoms with Crippen LogP contribution in [0.5, 0.6) is 0 Å². The fraction of sp³-hybridized carbons (Fsp3) is 0.400. The Balaban J connectivity index is 1.51. The Hall–Kier alpha value is -3.17. The Bertz CT molecular complexity index is 908. The molecule has 7 nitrogen and oxygen atoms in total. The van der Waals surface area contributed by atoms with Crippen LogP contribution in [0.4, 0.5) is 18.9 Å². The molecule has 1 aromatic carbocycles. The summed E-state index contributed by atoms with van der Waals surface area (Å²) in [7, 11) is 1.32. The van der Waals surface area contributed by atoms with Gasteiger partial charge in [0.2, 0.25) is 23.6 Å². The zero-order valence-corrected chi connectivity index (χ0v) is 16.2. The van der Waals surface area contributed by atoms with Crippen molar-refractivity contribution in [1.82, 2.24) is 9.80 Å². The van der Waals surface area contributed by atoms with Gasteiger partial charge in [-0.1, -0.05) is 12.2 Å². The maximum atomic E-state index is 13.6. The first-order valence-electron chi connectivity index (χ1n) is 9.38. The second-order valence-corrected chi connectivity index (χ2v) is 7.25. The van der Waals surface area contributed by atoms with Crippen LogP contribution >= 0.6 is 0 Å². The zero-order chi connectivity index (χ0) is 22.0. The number of carbonyl (C=O) groups excluding carboxylic acids is 4. The van der Waals surface area contributed by atoms with Crippen LogP contribution in [-0.4, -0.2) is 53.6 Å². The van der Waals surface area contributed by atoms with Crippen LogP contribution < -0.4 is 5.32 Å². The van der Waals surface area contributed by atoms with E-state index in [1.807, 2.05) is 12.2 Å². The number of nitrogens with zero attached hydrogens (tertiary/aromatic N) is 2. The minimum atomic E-state index is -1.71. The Morgan fingerprint density at radius 2 is 1.67 bits per heavy atom. The van der Waals surface area contributed by atoms with E-state index in [1.165, 1.54) is 7.05 Å². The lowest BCUT2D eigenvalue weighted by molar-refractivity contribution is -0.141. The molecule has 2 atom stereocenters. The van der Waals surface area contributed by atoms with Crippen LogP contribution in [0.25, 0.3) is 0 Å². The lowest BCUT2D eigenvalue weighted by Gasteiger charge is -2.19. The summed E-state index contributed by atoms with van der Waals surface area (Å²) in [4.78, 5) is 51.2. The molecule has 0 spiro atoms. The van der Waals surface area contributed by atoms with Gasteiger partial charge in [-0.15, -0.1) is 0 Å². The van der Waals surface area contributed by atoms with E-state index in [4.69, 9.17) is 0 Å². The van der Waals surface area contributed by atoms with Gasteiger partial charge in [0.1, 0.15) is 0 Å².